The summed E-state index contributed by atoms with van der Waals surface area (Å²) in [6.07, 6.45) is 0. The van der Waals surface area contributed by atoms with Crippen LogP contribution in [0.15, 0.2) is 231 Å². The van der Waals surface area contributed by atoms with Crippen molar-refractivity contribution in [2.45, 2.75) is 263 Å². The van der Waals surface area contributed by atoms with Gasteiger partial charge in [-0.2, -0.15) is 0 Å². The minimum Gasteiger partial charge on any atom is -0.207 e. The van der Waals surface area contributed by atoms with Gasteiger partial charge in [0.1, 0.15) is 46.5 Å². The van der Waals surface area contributed by atoms with Gasteiger partial charge in [-0.05, 0) is 338 Å². The molecule has 13 aromatic carbocycles. The third-order valence-electron chi connectivity index (χ3n) is 17.1. The van der Waals surface area contributed by atoms with Gasteiger partial charge in [0.15, 0.2) is 11.6 Å². The van der Waals surface area contributed by atoms with Crippen molar-refractivity contribution >= 4 is 34.0 Å². The third-order valence-corrected chi connectivity index (χ3v) is 17.9. The summed E-state index contributed by atoms with van der Waals surface area (Å²) < 4.78 is 126. The quantitative estimate of drug-likeness (QED) is 0.133. The lowest BCUT2D eigenvalue weighted by atomic mass is 10.0. The van der Waals surface area contributed by atoms with Crippen LogP contribution in [0.4, 0.5) is 43.9 Å². The molecule has 0 heterocycles. The normalized spacial score (nSPS) is 8.77. The maximum atomic E-state index is 12.6. The van der Waals surface area contributed by atoms with Gasteiger partial charge in [0.25, 0.3) is 0 Å². The van der Waals surface area contributed by atoms with E-state index >= 15 is 0 Å². The Morgan fingerprint density at radius 1 is 0.152 bits per heavy atom. The van der Waals surface area contributed by atoms with Crippen LogP contribution < -0.4 is 0 Å². The zero-order chi connectivity index (χ0) is 84.8. The van der Waals surface area contributed by atoms with E-state index in [1.165, 1.54) is 132 Å². The maximum absolute atomic E-state index is 12.6. The third kappa shape index (κ3) is 55.2. The molecule has 0 aliphatic rings. The van der Waals surface area contributed by atoms with E-state index in [0.29, 0.717) is 44.5 Å². The monoisotopic (exact) mass is 1780 g/mol. The summed E-state index contributed by atoms with van der Waals surface area (Å²) in [4.78, 5) is 0. The molecule has 0 saturated heterocycles. The molecule has 0 N–H and O–H groups in total. The summed E-state index contributed by atoms with van der Waals surface area (Å²) in [5.41, 5.74) is 21.6. The van der Waals surface area contributed by atoms with Gasteiger partial charge in [0, 0.05) is 21.2 Å². The molecule has 0 bridgehead atoms. The molecule has 13 aromatic rings. The predicted molar refractivity (Wildman–Crippen MR) is 546 cm³/mol. The van der Waals surface area contributed by atoms with Crippen LogP contribution >= 0.6 is 23.2 Å². The van der Waals surface area contributed by atoms with Crippen molar-refractivity contribution in [2.75, 3.05) is 0 Å². The highest BCUT2D eigenvalue weighted by atomic mass is 35.5. The van der Waals surface area contributed by atoms with Crippen LogP contribution in [0.5, 0.6) is 0 Å². The first kappa shape index (κ1) is 141. The van der Waals surface area contributed by atoms with Crippen molar-refractivity contribution in [1.82, 2.24) is 0 Å². The summed E-state index contributed by atoms with van der Waals surface area (Å²) in [5.74, 6) is -3.83. The van der Waals surface area contributed by atoms with Crippen molar-refractivity contribution in [3.8, 4) is 0 Å². The lowest BCUT2D eigenvalue weighted by Crippen LogP contribution is -1.91. The first-order valence-electron chi connectivity index (χ1n) is 36.5. The second-order valence-electron chi connectivity index (χ2n) is 28.1. The van der Waals surface area contributed by atoms with Crippen LogP contribution in [0, 0.1) is 224 Å². The topological polar surface area (TPSA) is 0 Å². The molecule has 0 amide bonds. The van der Waals surface area contributed by atoms with E-state index in [2.05, 4.69) is 139 Å². The molecule has 698 valence electrons. The van der Waals surface area contributed by atoms with Crippen LogP contribution in [0.2, 0.25) is 10.0 Å². The average Bonchev–Trinajstić information content (AvgIpc) is 0.819. The Morgan fingerprint density at radius 2 is 0.304 bits per heavy atom. The molecule has 0 spiro atoms. The van der Waals surface area contributed by atoms with Crippen LogP contribution in [0.25, 0.3) is 10.8 Å². The van der Waals surface area contributed by atoms with Crippen molar-refractivity contribution in [2.24, 2.45) is 0 Å². The zero-order valence-corrected chi connectivity index (χ0v) is 71.0. The molecule has 0 aromatic heterocycles. The fraction of sp³-hybridized carbons (Fsp3) is 0.327. The second kappa shape index (κ2) is 72.2. The molecule has 13 rings (SSSR count). The van der Waals surface area contributed by atoms with Crippen LogP contribution in [0.1, 0.15) is 230 Å². The van der Waals surface area contributed by atoms with Gasteiger partial charge in [-0.25, -0.2) is 43.9 Å². The van der Waals surface area contributed by atoms with E-state index < -0.39 is 34.9 Å². The molecule has 0 aliphatic heterocycles. The average molecular weight is 1780 g/mol. The largest absolute Gasteiger partial charge is 0.207 e. The van der Waals surface area contributed by atoms with E-state index in [1.54, 1.807) is 77.9 Å². The van der Waals surface area contributed by atoms with E-state index in [-0.39, 0.29) is 131 Å². The zero-order valence-electron chi connectivity index (χ0n) is 69.5. The number of hydrogen-bond donors (Lipinski definition) is 0. The minimum atomic E-state index is -0.736. The molecule has 0 saturated carbocycles. The van der Waals surface area contributed by atoms with E-state index in [9.17, 15) is 43.9 Å². The molecular formula is C113H162Cl2F10. The number of benzene rings is 13. The number of aryl methyl sites for hydroxylation is 22. The first-order chi connectivity index (χ1) is 52.4. The van der Waals surface area contributed by atoms with Crippen LogP contribution in [0.3, 0.4) is 0 Å². The predicted octanol–water partition coefficient (Wildman–Crippen LogP) is 39.8. The Bertz CT molecular complexity index is 4420. The molecule has 125 heavy (non-hydrogen) atoms. The Balaban J connectivity index is -0.000000111. The van der Waals surface area contributed by atoms with Gasteiger partial charge in [0.2, 0.25) is 0 Å². The molecule has 0 atom stereocenters. The molecular weight excluding hydrogens is 1620 g/mol. The van der Waals surface area contributed by atoms with Crippen LogP contribution in [-0.2, 0) is 0 Å². The minimum absolute atomic E-state index is 0. The number of hydrogen-bond acceptors (Lipinski definition) is 0. The van der Waals surface area contributed by atoms with Gasteiger partial charge in [-0.1, -0.05) is 312 Å². The summed E-state index contributed by atoms with van der Waals surface area (Å²) in [6.45, 7) is 44.5. The Labute approximate surface area is 768 Å². The van der Waals surface area contributed by atoms with Crippen molar-refractivity contribution in [3.63, 3.8) is 0 Å². The number of rotatable bonds is 0. The second-order valence-corrected chi connectivity index (χ2v) is 28.9. The SMILES string of the molecule is C.C.C.C.C.C.C.C.C.C.C.C.C.Cc1cc(F)c(C)c(F)c1.Cc1cc(F)c(C)c(F)c1.Cc1ccc(C)c(Cl)c1.Cc1ccc(C)c(Cl)c1.Cc1ccc(C)c(F)c1.Cc1ccc(C)c(F)c1.Cc1ccc(C)c(F)c1.Cc1ccc(C)c(F)c1.Cc1ccc(C)c(F)c1F.Cc1ccc(C)c2ccccc12.Cc1ccc(C)cc1.Cc1ccc(C)cc1. The summed E-state index contributed by atoms with van der Waals surface area (Å²) in [6, 6.07) is 71.2. The Hall–Kier alpha value is -10.0. The van der Waals surface area contributed by atoms with Crippen molar-refractivity contribution in [3.05, 3.63) is 432 Å². The lowest BCUT2D eigenvalue weighted by molar-refractivity contribution is 0.497. The number of halogens is 12. The van der Waals surface area contributed by atoms with Gasteiger partial charge in [-0.15, -0.1) is 0 Å². The summed E-state index contributed by atoms with van der Waals surface area (Å²) >= 11 is 11.6. The molecule has 0 nitrogen and oxygen atoms in total. The Kier molecular flexibility index (Phi) is 81.4. The standard InChI is InChI=1S/C12H12.2C8H9Cl.3C8H8F2.4C8H9F.2C8H10.13CH4/c1-9-7-8-10(2)12-6-4-3-5-11(9)12;2*1-6-3-4-7(2)8(9)5-6;2*1-5-3-7(9)6(2)8(10)4-5;1-5-3-4-6(2)8(10)7(5)9;4*1-6-3-4-7(2)8(9)5-6;2*1-7-3-5-8(2)6-4-7;;;;;;;;;;;;;/h3-8H,1-2H3;2*3-5H,1-2H3;3*3-4H,1-2H3;4*3-5H,1-2H3;2*3-6H,1-2H3;13*1H4. The smallest absolute Gasteiger partial charge is 0.161 e. The van der Waals surface area contributed by atoms with Gasteiger partial charge < -0.3 is 0 Å². The highest BCUT2D eigenvalue weighted by Gasteiger charge is 2.08. The van der Waals surface area contributed by atoms with Crippen LogP contribution in [-0.4, -0.2) is 0 Å². The molecule has 0 fully saturated rings. The number of fused-ring (bicyclic) bond motifs is 1. The van der Waals surface area contributed by atoms with Gasteiger partial charge in [0.05, 0.1) is 0 Å². The molecule has 0 aliphatic carbocycles. The van der Waals surface area contributed by atoms with E-state index in [0.717, 1.165) is 43.4 Å². The summed E-state index contributed by atoms with van der Waals surface area (Å²) in [7, 11) is 0. The first-order valence-corrected chi connectivity index (χ1v) is 37.3. The van der Waals surface area contributed by atoms with Crippen molar-refractivity contribution < 1.29 is 43.9 Å². The Morgan fingerprint density at radius 3 is 0.472 bits per heavy atom. The fourth-order valence-electron chi connectivity index (χ4n) is 9.35. The highest BCUT2D eigenvalue weighted by molar-refractivity contribution is 6.31. The van der Waals surface area contributed by atoms with E-state index in [1.807, 2.05) is 104 Å². The summed E-state index contributed by atoms with van der Waals surface area (Å²) in [5, 5.41) is 4.46. The highest BCUT2D eigenvalue weighted by Crippen LogP contribution is 2.23. The maximum Gasteiger partial charge on any atom is 0.161 e. The molecule has 0 radical (unpaired) electrons. The van der Waals surface area contributed by atoms with Gasteiger partial charge in [-0.3, -0.25) is 0 Å². The fourth-order valence-corrected chi connectivity index (χ4v) is 9.82. The van der Waals surface area contributed by atoms with Crippen molar-refractivity contribution in [1.29, 1.82) is 0 Å². The van der Waals surface area contributed by atoms with Gasteiger partial charge >= 0.3 is 0 Å². The van der Waals surface area contributed by atoms with E-state index in [4.69, 9.17) is 23.2 Å². The molecule has 12 heteroatoms. The lowest BCUT2D eigenvalue weighted by Gasteiger charge is -2.03. The molecule has 0 unspecified atom stereocenters.